The Bertz CT molecular complexity index is 1950. The monoisotopic (exact) mass is 952 g/mol. The van der Waals surface area contributed by atoms with Gasteiger partial charge in [-0.15, -0.1) is 18.2 Å². The van der Waals surface area contributed by atoms with Gasteiger partial charge in [0.25, 0.3) is 5.69 Å². The summed E-state index contributed by atoms with van der Waals surface area (Å²) in [5.41, 5.74) is 2.80. The highest BCUT2D eigenvalue weighted by atomic mass is 35.5. The van der Waals surface area contributed by atoms with Gasteiger partial charge in [0.1, 0.15) is 30.8 Å². The molecule has 67 heavy (non-hydrogen) atoms. The van der Waals surface area contributed by atoms with Crippen LogP contribution in [0.2, 0.25) is 0 Å². The van der Waals surface area contributed by atoms with E-state index in [0.717, 1.165) is 56.1 Å². The number of carbonyl (C=O) groups excluding carboxylic acids is 2. The molecule has 2 amide bonds. The second-order valence-electron chi connectivity index (χ2n) is 17.9. The number of nitrogens with zero attached hydrogens (tertiary/aromatic N) is 3. The molecule has 1 aliphatic heterocycles. The van der Waals surface area contributed by atoms with Gasteiger partial charge in [0.2, 0.25) is 5.79 Å². The van der Waals surface area contributed by atoms with Gasteiger partial charge in [0.05, 0.1) is 29.0 Å². The third-order valence-electron chi connectivity index (χ3n) is 13.3. The number of unbranched alkanes of at least 4 members (excludes halogenated alkanes) is 11. The van der Waals surface area contributed by atoms with Crippen molar-refractivity contribution in [3.63, 3.8) is 0 Å². The number of benzene rings is 2. The van der Waals surface area contributed by atoms with Gasteiger partial charge in [0, 0.05) is 56.8 Å². The van der Waals surface area contributed by atoms with E-state index in [1.165, 1.54) is 62.0 Å². The van der Waals surface area contributed by atoms with Crippen molar-refractivity contribution >= 4 is 35.2 Å². The molecule has 3 aliphatic rings. The first-order valence-corrected chi connectivity index (χ1v) is 25.0. The zero-order chi connectivity index (χ0) is 48.0. The molecule has 2 aromatic carbocycles. The molecular weight excluding hydrogens is 880 g/mol. The highest BCUT2D eigenvalue weighted by Crippen LogP contribution is 2.62. The van der Waals surface area contributed by atoms with Gasteiger partial charge in [0.15, 0.2) is 0 Å². The molecule has 370 valence electrons. The van der Waals surface area contributed by atoms with Crippen molar-refractivity contribution in [2.75, 3.05) is 45.9 Å². The number of aliphatic hydroxyl groups is 2. The summed E-state index contributed by atoms with van der Waals surface area (Å²) in [6.07, 6.45) is 18.9. The van der Waals surface area contributed by atoms with E-state index in [0.29, 0.717) is 42.2 Å². The summed E-state index contributed by atoms with van der Waals surface area (Å²) in [7, 11) is 1.63. The topological polar surface area (TPSA) is 192 Å². The van der Waals surface area contributed by atoms with Crippen LogP contribution >= 0.6 is 11.6 Å². The molecule has 16 heteroatoms. The molecule has 0 spiro atoms. The van der Waals surface area contributed by atoms with Crippen LogP contribution in [0.1, 0.15) is 133 Å². The quantitative estimate of drug-likeness (QED) is 0.0222. The summed E-state index contributed by atoms with van der Waals surface area (Å²) in [5, 5.41) is 38.8. The number of amides is 2. The fourth-order valence-corrected chi connectivity index (χ4v) is 10.1. The third-order valence-corrected chi connectivity index (χ3v) is 13.4. The Morgan fingerprint density at radius 1 is 0.985 bits per heavy atom. The molecule has 0 radical (unpaired) electrons. The first kappa shape index (κ1) is 53.3. The molecule has 0 bridgehead atoms. The average Bonchev–Trinajstić information content (AvgIpc) is 3.33. The van der Waals surface area contributed by atoms with Crippen LogP contribution in [0, 0.1) is 27.9 Å². The maximum atomic E-state index is 13.8. The smallest absolute Gasteiger partial charge is 0.412 e. The lowest BCUT2D eigenvalue weighted by Gasteiger charge is -2.59. The molecule has 15 nitrogen and oxygen atoms in total. The van der Waals surface area contributed by atoms with Crippen LogP contribution in [0.15, 0.2) is 71.9 Å². The highest BCUT2D eigenvalue weighted by molar-refractivity contribution is 6.18. The van der Waals surface area contributed by atoms with Crippen molar-refractivity contribution < 1.29 is 48.5 Å². The van der Waals surface area contributed by atoms with E-state index in [1.54, 1.807) is 37.4 Å². The van der Waals surface area contributed by atoms with Crippen molar-refractivity contribution in [2.45, 2.75) is 140 Å². The van der Waals surface area contributed by atoms with Gasteiger partial charge in [-0.2, -0.15) is 0 Å². The highest BCUT2D eigenvalue weighted by Gasteiger charge is 2.65. The molecule has 0 saturated heterocycles. The number of nitro benzene ring substituents is 1. The Labute approximate surface area is 401 Å². The zero-order valence-electron chi connectivity index (χ0n) is 39.5. The largest absolute Gasteiger partial charge is 0.459 e. The van der Waals surface area contributed by atoms with Crippen LogP contribution < -0.4 is 14.8 Å². The van der Waals surface area contributed by atoms with Crippen molar-refractivity contribution in [1.82, 2.24) is 10.2 Å². The fourth-order valence-electron chi connectivity index (χ4n) is 9.99. The Kier molecular flexibility index (Phi) is 22.2. The molecule has 1 heterocycles. The van der Waals surface area contributed by atoms with Crippen molar-refractivity contribution in [3.8, 4) is 11.5 Å². The molecule has 2 aliphatic carbocycles. The summed E-state index contributed by atoms with van der Waals surface area (Å²) in [4.78, 5) is 45.5. The number of fused-ring (bicyclic) bond motifs is 2. The summed E-state index contributed by atoms with van der Waals surface area (Å²) >= 11 is 5.96. The van der Waals surface area contributed by atoms with Gasteiger partial charge in [-0.1, -0.05) is 94.9 Å². The van der Waals surface area contributed by atoms with E-state index < -0.39 is 34.9 Å². The second-order valence-corrected chi connectivity index (χ2v) is 18.3. The number of likely N-dealkylation sites (N-methyl/N-ethyl adjacent to an activating group) is 1. The molecule has 0 unspecified atom stereocenters. The van der Waals surface area contributed by atoms with Gasteiger partial charge in [-0.3, -0.25) is 10.1 Å². The minimum Gasteiger partial charge on any atom is -0.459 e. The minimum atomic E-state index is -1.51. The number of ether oxygens (including phenoxy) is 4. The van der Waals surface area contributed by atoms with Gasteiger partial charge in [-0.05, 0) is 85.4 Å². The third kappa shape index (κ3) is 14.7. The Balaban J connectivity index is 1.53. The standard InChI is InChI=1S/C51H73ClN4O11/c1-4-6-7-8-9-10-11-12-13-16-28-53-49(59)66-40-25-26-45-43(34-40)47-41(20-15-18-30-58)38(19-14-17-29-57)33-42-44(54-65-36-37-21-23-39(24-22-37)56(61)62)35-46(55(3)50(60)63-32-27-52)51(67-45,48(42)47)64-31-5-2/h5,21-26,33-34,38,41,46-48,57-58H,2,4,6-20,27-32,35-36H2,1,3H3,(H,53,59)/t38-,41+,46-,47+,48+,51+/m0/s1. The number of halogens is 1. The van der Waals surface area contributed by atoms with E-state index in [-0.39, 0.29) is 68.8 Å². The van der Waals surface area contributed by atoms with E-state index in [2.05, 4.69) is 24.9 Å². The van der Waals surface area contributed by atoms with Crippen LogP contribution in [-0.2, 0) is 20.9 Å². The van der Waals surface area contributed by atoms with E-state index in [4.69, 9.17) is 40.5 Å². The summed E-state index contributed by atoms with van der Waals surface area (Å²) < 4.78 is 25.6. The lowest BCUT2D eigenvalue weighted by atomic mass is 9.55. The number of rotatable bonds is 30. The van der Waals surface area contributed by atoms with Gasteiger partial charge in [-0.25, -0.2) is 9.59 Å². The number of oxime groups is 1. The SMILES string of the molecule is C=CCO[C@@]12Oc3ccc(OC(=O)NCCCCCCCCCCCC)cc3[C@H]3[C@H](CCCCO)[C@@H](CCCCO)C=C(C(=NOCc4ccc([N+](=O)[O-])cc4)C[C@@H]1N(C)C(=O)OCCCl)[C@H]32. The lowest BCUT2D eigenvalue weighted by molar-refractivity contribution is -0.384. The maximum Gasteiger partial charge on any atom is 0.412 e. The van der Waals surface area contributed by atoms with Crippen LogP contribution in [0.5, 0.6) is 11.5 Å². The Morgan fingerprint density at radius 3 is 2.33 bits per heavy atom. The zero-order valence-corrected chi connectivity index (χ0v) is 40.3. The minimum absolute atomic E-state index is 0.0176. The number of carbonyl (C=O) groups is 2. The molecular formula is C51H73ClN4O11. The van der Waals surface area contributed by atoms with Gasteiger partial charge >= 0.3 is 12.2 Å². The van der Waals surface area contributed by atoms with Crippen LogP contribution in [0.25, 0.3) is 0 Å². The summed E-state index contributed by atoms with van der Waals surface area (Å²) in [6, 6.07) is 10.6. The van der Waals surface area contributed by atoms with E-state index >= 15 is 0 Å². The Hall–Kier alpha value is -4.70. The number of aliphatic hydroxyl groups excluding tert-OH is 2. The Morgan fingerprint density at radius 2 is 1.67 bits per heavy atom. The number of nitrogens with one attached hydrogen (secondary N) is 1. The van der Waals surface area contributed by atoms with Gasteiger partial charge < -0.3 is 44.2 Å². The lowest BCUT2D eigenvalue weighted by Crippen LogP contribution is -2.69. The summed E-state index contributed by atoms with van der Waals surface area (Å²) in [6.45, 7) is 6.86. The maximum absolute atomic E-state index is 13.8. The van der Waals surface area contributed by atoms with Crippen LogP contribution in [0.4, 0.5) is 15.3 Å². The van der Waals surface area contributed by atoms with Crippen molar-refractivity contribution in [2.24, 2.45) is 22.9 Å². The molecule has 0 aromatic heterocycles. The molecule has 1 saturated carbocycles. The van der Waals surface area contributed by atoms with Crippen LogP contribution in [-0.4, -0.2) is 95.7 Å². The normalized spacial score (nSPS) is 22.1. The number of allylic oxidation sites excluding steroid dienone is 1. The molecule has 1 fully saturated rings. The van der Waals surface area contributed by atoms with Crippen molar-refractivity contribution in [1.29, 1.82) is 0 Å². The summed E-state index contributed by atoms with van der Waals surface area (Å²) in [5.74, 6) is -1.58. The van der Waals surface area contributed by atoms with E-state index in [1.807, 2.05) is 6.07 Å². The van der Waals surface area contributed by atoms with E-state index in [9.17, 15) is 29.9 Å². The predicted molar refractivity (Wildman–Crippen MR) is 259 cm³/mol. The van der Waals surface area contributed by atoms with Crippen LogP contribution in [0.3, 0.4) is 0 Å². The molecule has 2 aromatic rings. The second kappa shape index (κ2) is 28.0. The first-order valence-electron chi connectivity index (χ1n) is 24.5. The molecule has 5 rings (SSSR count). The number of hydrogen-bond acceptors (Lipinski definition) is 12. The predicted octanol–water partition coefficient (Wildman–Crippen LogP) is 10.7. The fraction of sp³-hybridized carbons (Fsp3) is 0.627. The average molecular weight is 954 g/mol. The molecule has 6 atom stereocenters. The first-order chi connectivity index (χ1) is 32.6. The van der Waals surface area contributed by atoms with Crippen molar-refractivity contribution in [3.05, 3.63) is 88.0 Å². The number of hydrogen-bond donors (Lipinski definition) is 3. The molecule has 3 N–H and O–H groups in total. The number of nitro groups is 1. The number of alkyl halides is 1. The number of non-ortho nitro benzene ring substituents is 1.